The maximum absolute atomic E-state index is 5.83. The van der Waals surface area contributed by atoms with Crippen LogP contribution in [0.15, 0.2) is 24.4 Å². The molecule has 1 heterocycles. The molecule has 4 N–H and O–H groups in total. The molecule has 0 bridgehead atoms. The van der Waals surface area contributed by atoms with Gasteiger partial charge in [-0.3, -0.25) is 5.10 Å². The number of aromatic amines is 1. The van der Waals surface area contributed by atoms with Gasteiger partial charge in [0.1, 0.15) is 0 Å². The zero-order valence-corrected chi connectivity index (χ0v) is 8.83. The highest BCUT2D eigenvalue weighted by Gasteiger charge is 2.00. The molecule has 2 aromatic rings. The Hall–Kier alpha value is -1.55. The normalized spacial score (nSPS) is 12.9. The van der Waals surface area contributed by atoms with E-state index in [4.69, 9.17) is 5.73 Å². The van der Waals surface area contributed by atoms with Crippen molar-refractivity contribution in [3.8, 4) is 0 Å². The van der Waals surface area contributed by atoms with Gasteiger partial charge in [0.15, 0.2) is 0 Å². The minimum Gasteiger partial charge on any atom is -0.383 e. The monoisotopic (exact) mass is 204 g/mol. The third-order valence-corrected chi connectivity index (χ3v) is 2.53. The lowest BCUT2D eigenvalue weighted by atomic mass is 10.2. The van der Waals surface area contributed by atoms with Crippen molar-refractivity contribution in [1.82, 2.24) is 10.2 Å². The maximum Gasteiger partial charge on any atom is 0.0670 e. The summed E-state index contributed by atoms with van der Waals surface area (Å²) in [6.45, 7) is 2.89. The van der Waals surface area contributed by atoms with Crippen LogP contribution in [0.1, 0.15) is 13.3 Å². The van der Waals surface area contributed by atoms with Crippen LogP contribution in [0, 0.1) is 0 Å². The second-order valence-corrected chi connectivity index (χ2v) is 3.72. The van der Waals surface area contributed by atoms with E-state index in [0.29, 0.717) is 0 Å². The summed E-state index contributed by atoms with van der Waals surface area (Å²) in [6, 6.07) is 6.34. The van der Waals surface area contributed by atoms with Crippen molar-refractivity contribution in [2.45, 2.75) is 19.4 Å². The molecule has 2 rings (SSSR count). The van der Waals surface area contributed by atoms with Crippen LogP contribution in [-0.4, -0.2) is 22.8 Å². The van der Waals surface area contributed by atoms with Crippen molar-refractivity contribution in [2.75, 3.05) is 11.9 Å². The second-order valence-electron chi connectivity index (χ2n) is 3.72. The molecule has 80 valence electrons. The highest BCUT2D eigenvalue weighted by molar-refractivity contribution is 5.81. The second kappa shape index (κ2) is 4.31. The van der Waals surface area contributed by atoms with Gasteiger partial charge in [0.2, 0.25) is 0 Å². The molecule has 1 atom stereocenters. The van der Waals surface area contributed by atoms with Gasteiger partial charge < -0.3 is 11.1 Å². The van der Waals surface area contributed by atoms with Crippen molar-refractivity contribution in [1.29, 1.82) is 0 Å². The first-order valence-corrected chi connectivity index (χ1v) is 5.22. The van der Waals surface area contributed by atoms with Gasteiger partial charge in [-0.15, -0.1) is 0 Å². The van der Waals surface area contributed by atoms with Crippen LogP contribution in [0.4, 0.5) is 5.69 Å². The molecule has 0 amide bonds. The average molecular weight is 204 g/mol. The Kier molecular flexibility index (Phi) is 2.87. The summed E-state index contributed by atoms with van der Waals surface area (Å²) in [6.07, 6.45) is 2.80. The Bertz CT molecular complexity index is 435. The average Bonchev–Trinajstić information content (AvgIpc) is 2.72. The minimum atomic E-state index is 0.211. The summed E-state index contributed by atoms with van der Waals surface area (Å²) in [5.74, 6) is 0. The van der Waals surface area contributed by atoms with Crippen LogP contribution in [0.3, 0.4) is 0 Å². The zero-order chi connectivity index (χ0) is 10.7. The van der Waals surface area contributed by atoms with Crippen molar-refractivity contribution in [3.63, 3.8) is 0 Å². The van der Waals surface area contributed by atoms with Crippen LogP contribution >= 0.6 is 0 Å². The predicted molar refractivity (Wildman–Crippen MR) is 62.8 cm³/mol. The lowest BCUT2D eigenvalue weighted by Gasteiger charge is -2.11. The molecule has 4 nitrogen and oxygen atoms in total. The molecule has 4 heteroatoms. The maximum atomic E-state index is 5.83. The number of H-pyrrole nitrogens is 1. The molecule has 1 aromatic heterocycles. The van der Waals surface area contributed by atoms with Gasteiger partial charge in [0.25, 0.3) is 0 Å². The summed E-state index contributed by atoms with van der Waals surface area (Å²) in [4.78, 5) is 0. The van der Waals surface area contributed by atoms with Crippen LogP contribution in [-0.2, 0) is 0 Å². The van der Waals surface area contributed by atoms with Gasteiger partial charge in [-0.1, -0.05) is 6.92 Å². The molecule has 0 aliphatic carbocycles. The number of benzene rings is 1. The first-order valence-electron chi connectivity index (χ1n) is 5.22. The predicted octanol–water partition coefficient (Wildman–Crippen LogP) is 1.71. The molecule has 1 unspecified atom stereocenters. The lowest BCUT2D eigenvalue weighted by Crippen LogP contribution is -2.27. The van der Waals surface area contributed by atoms with Crippen molar-refractivity contribution >= 4 is 16.6 Å². The third kappa shape index (κ3) is 2.27. The molecule has 0 radical (unpaired) electrons. The largest absolute Gasteiger partial charge is 0.383 e. The number of anilines is 1. The third-order valence-electron chi connectivity index (χ3n) is 2.53. The van der Waals surface area contributed by atoms with E-state index in [9.17, 15) is 0 Å². The van der Waals surface area contributed by atoms with E-state index in [1.807, 2.05) is 24.4 Å². The van der Waals surface area contributed by atoms with E-state index in [2.05, 4.69) is 22.4 Å². The van der Waals surface area contributed by atoms with Gasteiger partial charge in [-0.2, -0.15) is 5.10 Å². The van der Waals surface area contributed by atoms with Gasteiger partial charge in [0, 0.05) is 23.7 Å². The molecule has 1 aromatic carbocycles. The first kappa shape index (κ1) is 9.98. The van der Waals surface area contributed by atoms with Crippen LogP contribution in [0.5, 0.6) is 0 Å². The van der Waals surface area contributed by atoms with Gasteiger partial charge in [-0.05, 0) is 24.6 Å². The van der Waals surface area contributed by atoms with E-state index >= 15 is 0 Å². The summed E-state index contributed by atoms with van der Waals surface area (Å²) >= 11 is 0. The van der Waals surface area contributed by atoms with E-state index < -0.39 is 0 Å². The molecule has 0 saturated heterocycles. The van der Waals surface area contributed by atoms with E-state index in [1.165, 1.54) is 0 Å². The molecule has 0 aliphatic heterocycles. The van der Waals surface area contributed by atoms with Gasteiger partial charge in [0.05, 0.1) is 11.7 Å². The number of aromatic nitrogens is 2. The highest BCUT2D eigenvalue weighted by Crippen LogP contribution is 2.16. The number of rotatable bonds is 4. The summed E-state index contributed by atoms with van der Waals surface area (Å²) in [5.41, 5.74) is 7.96. The minimum absolute atomic E-state index is 0.211. The molecular weight excluding hydrogens is 188 g/mol. The Labute approximate surface area is 88.9 Å². The molecule has 0 spiro atoms. The van der Waals surface area contributed by atoms with Crippen molar-refractivity contribution in [2.24, 2.45) is 5.73 Å². The molecule has 0 fully saturated rings. The SMILES string of the molecule is CCC(N)CNc1ccc2cn[nH]c2c1. The van der Waals surface area contributed by atoms with E-state index in [1.54, 1.807) is 0 Å². The smallest absolute Gasteiger partial charge is 0.0670 e. The highest BCUT2D eigenvalue weighted by atomic mass is 15.1. The zero-order valence-electron chi connectivity index (χ0n) is 8.83. The van der Waals surface area contributed by atoms with Gasteiger partial charge >= 0.3 is 0 Å². The fourth-order valence-corrected chi connectivity index (χ4v) is 1.44. The summed E-state index contributed by atoms with van der Waals surface area (Å²) in [7, 11) is 0. The Balaban J connectivity index is 2.08. The lowest BCUT2D eigenvalue weighted by molar-refractivity contribution is 0.679. The van der Waals surface area contributed by atoms with Crippen molar-refractivity contribution < 1.29 is 0 Å². The Morgan fingerprint density at radius 2 is 2.40 bits per heavy atom. The van der Waals surface area contributed by atoms with Crippen LogP contribution in [0.2, 0.25) is 0 Å². The number of nitrogens with one attached hydrogen (secondary N) is 2. The number of fused-ring (bicyclic) bond motifs is 1. The van der Waals surface area contributed by atoms with E-state index in [-0.39, 0.29) is 6.04 Å². The first-order chi connectivity index (χ1) is 7.29. The van der Waals surface area contributed by atoms with Crippen molar-refractivity contribution in [3.05, 3.63) is 24.4 Å². The Morgan fingerprint density at radius 1 is 1.53 bits per heavy atom. The fraction of sp³-hybridized carbons (Fsp3) is 0.364. The molecule has 0 saturated carbocycles. The standard InChI is InChI=1S/C11H16N4/c1-2-9(12)7-13-10-4-3-8-6-14-15-11(8)5-10/h3-6,9,13H,2,7,12H2,1H3,(H,14,15). The van der Waals surface area contributed by atoms with Crippen LogP contribution < -0.4 is 11.1 Å². The number of hydrogen-bond acceptors (Lipinski definition) is 3. The van der Waals surface area contributed by atoms with Crippen LogP contribution in [0.25, 0.3) is 10.9 Å². The number of nitrogens with two attached hydrogens (primary N) is 1. The fourth-order valence-electron chi connectivity index (χ4n) is 1.44. The number of hydrogen-bond donors (Lipinski definition) is 3. The topological polar surface area (TPSA) is 66.7 Å². The van der Waals surface area contributed by atoms with E-state index in [0.717, 1.165) is 29.6 Å². The summed E-state index contributed by atoms with van der Waals surface area (Å²) in [5, 5.41) is 11.3. The molecule has 0 aliphatic rings. The Morgan fingerprint density at radius 3 is 3.20 bits per heavy atom. The quantitative estimate of drug-likeness (QED) is 0.710. The molecular formula is C11H16N4. The summed E-state index contributed by atoms with van der Waals surface area (Å²) < 4.78 is 0. The number of nitrogens with zero attached hydrogens (tertiary/aromatic N) is 1. The van der Waals surface area contributed by atoms with Gasteiger partial charge in [-0.25, -0.2) is 0 Å². The molecule has 15 heavy (non-hydrogen) atoms.